The minimum atomic E-state index is -0.942. The Balaban J connectivity index is 1.47. The lowest BCUT2D eigenvalue weighted by Crippen LogP contribution is -2.52. The van der Waals surface area contributed by atoms with Gasteiger partial charge in [0.2, 0.25) is 0 Å². The summed E-state index contributed by atoms with van der Waals surface area (Å²) >= 11 is 6.11. The molecule has 3 aliphatic carbocycles. The van der Waals surface area contributed by atoms with Crippen molar-refractivity contribution >= 4 is 29.3 Å². The summed E-state index contributed by atoms with van der Waals surface area (Å²) in [7, 11) is 0. The molecule has 144 valence electrons. The number of anilines is 1. The third-order valence-electron chi connectivity index (χ3n) is 6.93. The van der Waals surface area contributed by atoms with Crippen molar-refractivity contribution in [3.05, 3.63) is 70.3 Å². The predicted molar refractivity (Wildman–Crippen MR) is 113 cm³/mol. The number of halogens is 1. The highest BCUT2D eigenvalue weighted by molar-refractivity contribution is 6.30. The van der Waals surface area contributed by atoms with Crippen molar-refractivity contribution in [3.63, 3.8) is 0 Å². The number of benzene rings is 2. The average molecular weight is 394 g/mol. The fraction of sp³-hybridized carbons (Fsp3) is 0.375. The van der Waals surface area contributed by atoms with Crippen LogP contribution in [-0.4, -0.2) is 16.6 Å². The van der Waals surface area contributed by atoms with E-state index in [9.17, 15) is 9.90 Å². The van der Waals surface area contributed by atoms with Gasteiger partial charge in [-0.1, -0.05) is 53.6 Å². The van der Waals surface area contributed by atoms with E-state index in [1.165, 1.54) is 24.0 Å². The van der Waals surface area contributed by atoms with Gasteiger partial charge in [-0.2, -0.15) is 0 Å². The minimum absolute atomic E-state index is 0.0206. The molecule has 3 aliphatic rings. The molecule has 2 fully saturated rings. The summed E-state index contributed by atoms with van der Waals surface area (Å²) in [4.78, 5) is 12.3. The molecule has 3 nitrogen and oxygen atoms in total. The Morgan fingerprint density at radius 2 is 1.79 bits per heavy atom. The van der Waals surface area contributed by atoms with Crippen molar-refractivity contribution in [3.8, 4) is 0 Å². The normalized spacial score (nSPS) is 28.7. The third-order valence-corrected chi connectivity index (χ3v) is 7.17. The van der Waals surface area contributed by atoms with Gasteiger partial charge in [-0.05, 0) is 73.8 Å². The number of carboxylic acid groups (broad SMARTS) is 1. The van der Waals surface area contributed by atoms with E-state index in [2.05, 4.69) is 35.7 Å². The monoisotopic (exact) mass is 393 g/mol. The molecule has 28 heavy (non-hydrogen) atoms. The lowest BCUT2D eigenvalue weighted by Gasteiger charge is -2.45. The molecule has 0 unspecified atom stereocenters. The first-order chi connectivity index (χ1) is 13.5. The van der Waals surface area contributed by atoms with Gasteiger partial charge in [0.1, 0.15) is 5.54 Å². The first-order valence-corrected chi connectivity index (χ1v) is 10.5. The van der Waals surface area contributed by atoms with Crippen LogP contribution in [0.3, 0.4) is 0 Å². The van der Waals surface area contributed by atoms with Crippen LogP contribution in [-0.2, 0) is 10.2 Å². The summed E-state index contributed by atoms with van der Waals surface area (Å²) in [6, 6.07) is 16.0. The van der Waals surface area contributed by atoms with E-state index in [1.807, 2.05) is 12.1 Å². The number of nitrogens with one attached hydrogen (secondary N) is 1. The summed E-state index contributed by atoms with van der Waals surface area (Å²) in [6.45, 7) is 0. The maximum absolute atomic E-state index is 12.3. The Bertz CT molecular complexity index is 968. The van der Waals surface area contributed by atoms with Crippen LogP contribution in [0.25, 0.3) is 6.08 Å². The largest absolute Gasteiger partial charge is 0.480 e. The molecular weight excluding hydrogens is 370 g/mol. The van der Waals surface area contributed by atoms with E-state index < -0.39 is 11.5 Å². The van der Waals surface area contributed by atoms with Crippen molar-refractivity contribution in [1.29, 1.82) is 0 Å². The molecule has 2 aromatic carbocycles. The van der Waals surface area contributed by atoms with Crippen molar-refractivity contribution in [2.45, 2.75) is 49.5 Å². The van der Waals surface area contributed by atoms with Gasteiger partial charge >= 0.3 is 5.97 Å². The van der Waals surface area contributed by atoms with Gasteiger partial charge in [-0.25, -0.2) is 4.79 Å². The number of aliphatic carboxylic acids is 1. The zero-order valence-corrected chi connectivity index (χ0v) is 16.5. The Kier molecular flexibility index (Phi) is 4.06. The van der Waals surface area contributed by atoms with E-state index >= 15 is 0 Å². The summed E-state index contributed by atoms with van der Waals surface area (Å²) < 4.78 is 0. The molecule has 0 bridgehead atoms. The predicted octanol–water partition coefficient (Wildman–Crippen LogP) is 5.89. The Morgan fingerprint density at radius 3 is 2.46 bits per heavy atom. The van der Waals surface area contributed by atoms with Gasteiger partial charge in [-0.15, -0.1) is 0 Å². The zero-order chi connectivity index (χ0) is 19.4. The lowest BCUT2D eigenvalue weighted by molar-refractivity contribution is -0.143. The number of carbonyl (C=O) groups is 1. The van der Waals surface area contributed by atoms with Crippen LogP contribution in [0.5, 0.6) is 0 Å². The second-order valence-corrected chi connectivity index (χ2v) is 9.00. The van der Waals surface area contributed by atoms with Crippen molar-refractivity contribution in [2.24, 2.45) is 5.92 Å². The quantitative estimate of drug-likeness (QED) is 0.680. The molecule has 2 N–H and O–H groups in total. The molecule has 0 aliphatic heterocycles. The van der Waals surface area contributed by atoms with Gasteiger partial charge in [0, 0.05) is 16.1 Å². The van der Waals surface area contributed by atoms with Crippen molar-refractivity contribution < 1.29 is 9.90 Å². The highest BCUT2D eigenvalue weighted by Crippen LogP contribution is 2.59. The maximum atomic E-state index is 12.3. The van der Waals surface area contributed by atoms with E-state index in [4.69, 9.17) is 11.6 Å². The molecule has 1 spiro atoms. The smallest absolute Gasteiger partial charge is 0.329 e. The fourth-order valence-electron chi connectivity index (χ4n) is 5.32. The van der Waals surface area contributed by atoms with Gasteiger partial charge < -0.3 is 10.4 Å². The first kappa shape index (κ1) is 17.8. The van der Waals surface area contributed by atoms with Crippen LogP contribution in [0.15, 0.2) is 54.1 Å². The molecule has 0 atom stereocenters. The highest BCUT2D eigenvalue weighted by atomic mass is 35.5. The molecule has 0 heterocycles. The summed E-state index contributed by atoms with van der Waals surface area (Å²) in [5, 5.41) is 14.1. The van der Waals surface area contributed by atoms with Crippen LogP contribution < -0.4 is 5.32 Å². The van der Waals surface area contributed by atoms with Crippen LogP contribution in [0, 0.1) is 5.92 Å². The van der Waals surface area contributed by atoms with E-state index in [0.717, 1.165) is 18.5 Å². The number of hydrogen-bond acceptors (Lipinski definition) is 2. The molecule has 5 rings (SSSR count). The fourth-order valence-corrected chi connectivity index (χ4v) is 5.51. The topological polar surface area (TPSA) is 49.3 Å². The maximum Gasteiger partial charge on any atom is 0.329 e. The van der Waals surface area contributed by atoms with Crippen LogP contribution in [0.4, 0.5) is 5.69 Å². The highest BCUT2D eigenvalue weighted by Gasteiger charge is 2.53. The van der Waals surface area contributed by atoms with E-state index in [1.54, 1.807) is 17.7 Å². The molecule has 0 radical (unpaired) electrons. The second-order valence-electron chi connectivity index (χ2n) is 8.57. The number of carboxylic acids is 1. The number of hydrogen-bond donors (Lipinski definition) is 2. The molecule has 2 aromatic rings. The van der Waals surface area contributed by atoms with Gasteiger partial charge in [-0.3, -0.25) is 0 Å². The molecule has 2 saturated carbocycles. The Labute approximate surface area is 170 Å². The molecule has 0 saturated heterocycles. The standard InChI is InChI=1S/C24H24ClNO2/c25-18-5-3-6-19(15-18)26-24(22(27)28)12-10-23(11-13-24)20-7-2-1-4-17(20)14-21(23)16-8-9-16/h1-7,14-16,26H,8-13H2,(H,27,28). The van der Waals surface area contributed by atoms with Gasteiger partial charge in [0.05, 0.1) is 0 Å². The second kappa shape index (κ2) is 6.38. The number of fused-ring (bicyclic) bond motifs is 2. The Morgan fingerprint density at radius 1 is 1.04 bits per heavy atom. The summed E-state index contributed by atoms with van der Waals surface area (Å²) in [5.41, 5.74) is 4.13. The molecular formula is C24H24ClNO2. The molecule has 0 amide bonds. The molecule has 4 heteroatoms. The molecule has 0 aromatic heterocycles. The van der Waals surface area contributed by atoms with Crippen molar-refractivity contribution in [1.82, 2.24) is 0 Å². The minimum Gasteiger partial charge on any atom is -0.480 e. The average Bonchev–Trinajstić information content (AvgIpc) is 3.48. The lowest BCUT2D eigenvalue weighted by atomic mass is 9.61. The van der Waals surface area contributed by atoms with Crippen LogP contribution in [0.2, 0.25) is 5.02 Å². The van der Waals surface area contributed by atoms with Crippen LogP contribution in [0.1, 0.15) is 49.7 Å². The van der Waals surface area contributed by atoms with E-state index in [0.29, 0.717) is 23.8 Å². The van der Waals surface area contributed by atoms with E-state index in [-0.39, 0.29) is 5.41 Å². The third kappa shape index (κ3) is 2.76. The summed E-state index contributed by atoms with van der Waals surface area (Å²) in [6.07, 6.45) is 7.88. The van der Waals surface area contributed by atoms with Crippen LogP contribution >= 0.6 is 11.6 Å². The SMILES string of the molecule is O=C(O)C1(Nc2cccc(Cl)c2)CCC2(CC1)C(C1CC1)=Cc1ccccc12. The van der Waals surface area contributed by atoms with Crippen molar-refractivity contribution in [2.75, 3.05) is 5.32 Å². The number of allylic oxidation sites excluding steroid dienone is 1. The van der Waals surface area contributed by atoms with Gasteiger partial charge in [0.15, 0.2) is 0 Å². The first-order valence-electron chi connectivity index (χ1n) is 10.1. The summed E-state index contributed by atoms with van der Waals surface area (Å²) in [5.74, 6) is -0.0869. The Hall–Kier alpha value is -2.26. The zero-order valence-electron chi connectivity index (χ0n) is 15.7. The van der Waals surface area contributed by atoms with Gasteiger partial charge in [0.25, 0.3) is 0 Å². The number of rotatable bonds is 4.